The third-order valence-electron chi connectivity index (χ3n) is 5.09. The van der Waals surface area contributed by atoms with Gasteiger partial charge in [0.1, 0.15) is 11.6 Å². The van der Waals surface area contributed by atoms with Gasteiger partial charge in [-0.1, -0.05) is 11.6 Å². The van der Waals surface area contributed by atoms with E-state index in [9.17, 15) is 14.0 Å². The summed E-state index contributed by atoms with van der Waals surface area (Å²) in [5.74, 6) is -1.32. The van der Waals surface area contributed by atoms with Gasteiger partial charge in [0.25, 0.3) is 5.91 Å². The number of rotatable bonds is 5. The summed E-state index contributed by atoms with van der Waals surface area (Å²) < 4.78 is 13.1. The maximum absolute atomic E-state index is 13.1. The van der Waals surface area contributed by atoms with Crippen molar-refractivity contribution in [2.24, 2.45) is 5.92 Å². The Balaban J connectivity index is 1.42. The number of thiazole rings is 1. The first-order chi connectivity index (χ1) is 14.9. The van der Waals surface area contributed by atoms with Crippen molar-refractivity contribution in [2.45, 2.75) is 12.8 Å². The van der Waals surface area contributed by atoms with Gasteiger partial charge in [-0.2, -0.15) is 0 Å². The first-order valence-corrected chi connectivity index (χ1v) is 10.8. The quantitative estimate of drug-likeness (QED) is 0.580. The van der Waals surface area contributed by atoms with E-state index in [0.29, 0.717) is 47.6 Å². The zero-order chi connectivity index (χ0) is 22.0. The van der Waals surface area contributed by atoms with Gasteiger partial charge in [0.15, 0.2) is 5.13 Å². The SMILES string of the molecule is O=C(Nc1nc(-c2ccc(F)cc2)cs1)c1cnc(N2CCC(C(=O)O)CC2)c(Cl)c1. The molecule has 0 unspecified atom stereocenters. The largest absolute Gasteiger partial charge is 0.481 e. The minimum Gasteiger partial charge on any atom is -0.481 e. The zero-order valence-corrected chi connectivity index (χ0v) is 17.8. The molecule has 0 radical (unpaired) electrons. The van der Waals surface area contributed by atoms with Crippen molar-refractivity contribution in [1.82, 2.24) is 9.97 Å². The summed E-state index contributed by atoms with van der Waals surface area (Å²) in [6, 6.07) is 7.49. The second-order valence-electron chi connectivity index (χ2n) is 7.13. The van der Waals surface area contributed by atoms with Crippen LogP contribution in [0.3, 0.4) is 0 Å². The number of nitrogens with zero attached hydrogens (tertiary/aromatic N) is 3. The number of nitrogens with one attached hydrogen (secondary N) is 1. The number of anilines is 2. The number of halogens is 2. The van der Waals surface area contributed by atoms with Crippen LogP contribution in [0.4, 0.5) is 15.3 Å². The number of pyridine rings is 1. The van der Waals surface area contributed by atoms with Crippen molar-refractivity contribution in [3.05, 3.63) is 58.3 Å². The Morgan fingerprint density at radius 2 is 1.94 bits per heavy atom. The highest BCUT2D eigenvalue weighted by atomic mass is 35.5. The number of benzene rings is 1. The molecule has 2 aromatic heterocycles. The minimum atomic E-state index is -0.782. The molecule has 4 rings (SSSR count). The molecule has 1 aliphatic rings. The number of carbonyl (C=O) groups is 2. The molecule has 1 fully saturated rings. The van der Waals surface area contributed by atoms with Gasteiger partial charge in [-0.05, 0) is 43.2 Å². The topological polar surface area (TPSA) is 95.4 Å². The highest BCUT2D eigenvalue weighted by Crippen LogP contribution is 2.29. The summed E-state index contributed by atoms with van der Waals surface area (Å²) in [7, 11) is 0. The summed E-state index contributed by atoms with van der Waals surface area (Å²) >= 11 is 7.62. The molecule has 1 amide bonds. The molecule has 7 nitrogen and oxygen atoms in total. The van der Waals surface area contributed by atoms with Crippen LogP contribution < -0.4 is 10.2 Å². The van der Waals surface area contributed by atoms with E-state index in [0.717, 1.165) is 5.56 Å². The van der Waals surface area contributed by atoms with Gasteiger partial charge in [-0.3, -0.25) is 14.9 Å². The van der Waals surface area contributed by atoms with Crippen LogP contribution in [-0.2, 0) is 4.79 Å². The second kappa shape index (κ2) is 8.99. The maximum Gasteiger partial charge on any atom is 0.306 e. The number of hydrogen-bond donors (Lipinski definition) is 2. The van der Waals surface area contributed by atoms with E-state index >= 15 is 0 Å². The number of amides is 1. The molecular weight excluding hydrogens is 443 g/mol. The van der Waals surface area contributed by atoms with Gasteiger partial charge in [0, 0.05) is 30.2 Å². The Hall–Kier alpha value is -3.04. The number of aromatic nitrogens is 2. The average Bonchev–Trinajstić information content (AvgIpc) is 3.22. The first-order valence-electron chi connectivity index (χ1n) is 9.57. The van der Waals surface area contributed by atoms with E-state index in [1.165, 1.54) is 35.7 Å². The van der Waals surface area contributed by atoms with Gasteiger partial charge >= 0.3 is 5.97 Å². The Bertz CT molecular complexity index is 1110. The van der Waals surface area contributed by atoms with Gasteiger partial charge in [-0.25, -0.2) is 14.4 Å². The van der Waals surface area contributed by atoms with E-state index in [2.05, 4.69) is 15.3 Å². The standard InChI is InChI=1S/C21H18ClFN4O3S/c22-16-9-14(10-24-18(16)27-7-5-13(6-8-27)20(29)30)19(28)26-21-25-17(11-31-21)12-1-3-15(23)4-2-12/h1-4,9-11,13H,5-8H2,(H,29,30)(H,25,26,28). The molecule has 0 bridgehead atoms. The minimum absolute atomic E-state index is 0.285. The third-order valence-corrected chi connectivity index (χ3v) is 6.13. The lowest BCUT2D eigenvalue weighted by Gasteiger charge is -2.31. The Labute approximate surface area is 186 Å². The maximum atomic E-state index is 13.1. The molecule has 2 N–H and O–H groups in total. The highest BCUT2D eigenvalue weighted by molar-refractivity contribution is 7.14. The molecule has 3 heterocycles. The van der Waals surface area contributed by atoms with Crippen LogP contribution in [0.1, 0.15) is 23.2 Å². The molecule has 0 saturated carbocycles. The molecule has 160 valence electrons. The molecule has 0 atom stereocenters. The van der Waals surface area contributed by atoms with Crippen molar-refractivity contribution in [1.29, 1.82) is 0 Å². The zero-order valence-electron chi connectivity index (χ0n) is 16.2. The van der Waals surface area contributed by atoms with E-state index in [-0.39, 0.29) is 17.3 Å². The summed E-state index contributed by atoms with van der Waals surface area (Å²) in [5, 5.41) is 14.3. The molecule has 3 aromatic rings. The van der Waals surface area contributed by atoms with Gasteiger partial charge in [0.2, 0.25) is 0 Å². The van der Waals surface area contributed by atoms with E-state index in [1.54, 1.807) is 17.5 Å². The highest BCUT2D eigenvalue weighted by Gasteiger charge is 2.26. The predicted molar refractivity (Wildman–Crippen MR) is 117 cm³/mol. The van der Waals surface area contributed by atoms with Crippen LogP contribution in [0.5, 0.6) is 0 Å². The van der Waals surface area contributed by atoms with Crippen molar-refractivity contribution in [3.63, 3.8) is 0 Å². The number of carboxylic acids is 1. The molecule has 10 heteroatoms. The summed E-state index contributed by atoms with van der Waals surface area (Å²) in [4.78, 5) is 34.3. The molecule has 1 aliphatic heterocycles. The number of carbonyl (C=O) groups excluding carboxylic acids is 1. The fourth-order valence-electron chi connectivity index (χ4n) is 3.38. The Morgan fingerprint density at radius 3 is 2.58 bits per heavy atom. The Morgan fingerprint density at radius 1 is 1.23 bits per heavy atom. The molecule has 31 heavy (non-hydrogen) atoms. The predicted octanol–water partition coefficient (Wildman–Crippen LogP) is 4.55. The van der Waals surface area contributed by atoms with Crippen LogP contribution in [0.2, 0.25) is 5.02 Å². The van der Waals surface area contributed by atoms with E-state index in [1.807, 2.05) is 4.90 Å². The van der Waals surface area contributed by atoms with Crippen LogP contribution >= 0.6 is 22.9 Å². The first kappa shape index (κ1) is 21.2. The number of hydrogen-bond acceptors (Lipinski definition) is 6. The van der Waals surface area contributed by atoms with Crippen molar-refractivity contribution in [3.8, 4) is 11.3 Å². The average molecular weight is 461 g/mol. The lowest BCUT2D eigenvalue weighted by Crippen LogP contribution is -2.37. The fraction of sp³-hybridized carbons (Fsp3) is 0.238. The summed E-state index contributed by atoms with van der Waals surface area (Å²) in [6.45, 7) is 1.08. The molecule has 0 aliphatic carbocycles. The normalized spacial score (nSPS) is 14.5. The van der Waals surface area contributed by atoms with Gasteiger partial charge < -0.3 is 10.0 Å². The van der Waals surface area contributed by atoms with Gasteiger partial charge in [-0.15, -0.1) is 11.3 Å². The summed E-state index contributed by atoms with van der Waals surface area (Å²) in [5.41, 5.74) is 1.67. The van der Waals surface area contributed by atoms with Gasteiger partial charge in [0.05, 0.1) is 22.2 Å². The number of aliphatic carboxylic acids is 1. The fourth-order valence-corrected chi connectivity index (χ4v) is 4.38. The van der Waals surface area contributed by atoms with Crippen LogP contribution in [0.15, 0.2) is 41.9 Å². The van der Waals surface area contributed by atoms with Crippen molar-refractivity contribution >= 4 is 45.8 Å². The smallest absolute Gasteiger partial charge is 0.306 e. The van der Waals surface area contributed by atoms with E-state index in [4.69, 9.17) is 16.7 Å². The summed E-state index contributed by atoms with van der Waals surface area (Å²) in [6.07, 6.45) is 2.49. The lowest BCUT2D eigenvalue weighted by molar-refractivity contribution is -0.142. The third kappa shape index (κ3) is 4.83. The van der Waals surface area contributed by atoms with Crippen molar-refractivity contribution < 1.29 is 19.1 Å². The molecule has 1 aromatic carbocycles. The second-order valence-corrected chi connectivity index (χ2v) is 8.39. The van der Waals surface area contributed by atoms with Crippen LogP contribution in [0.25, 0.3) is 11.3 Å². The van der Waals surface area contributed by atoms with Crippen molar-refractivity contribution in [2.75, 3.05) is 23.3 Å². The van der Waals surface area contributed by atoms with E-state index < -0.39 is 11.9 Å². The number of piperidine rings is 1. The van der Waals surface area contributed by atoms with Crippen LogP contribution in [-0.4, -0.2) is 40.0 Å². The molecule has 1 saturated heterocycles. The lowest BCUT2D eigenvalue weighted by atomic mass is 9.97. The monoisotopic (exact) mass is 460 g/mol. The Kier molecular flexibility index (Phi) is 6.15. The number of carboxylic acid groups (broad SMARTS) is 1. The molecule has 0 spiro atoms. The van der Waals surface area contributed by atoms with Crippen LogP contribution in [0, 0.1) is 11.7 Å². The molecular formula is C21H18ClFN4O3S.